The number of hydrogen-bond acceptors (Lipinski definition) is 2. The fourth-order valence-electron chi connectivity index (χ4n) is 4.37. The number of nitrogens with one attached hydrogen (secondary N) is 1. The van der Waals surface area contributed by atoms with Crippen molar-refractivity contribution in [3.63, 3.8) is 0 Å². The molecule has 4 rings (SSSR count). The molecule has 0 aromatic carbocycles. The van der Waals surface area contributed by atoms with Crippen LogP contribution in [-0.4, -0.2) is 33.4 Å². The van der Waals surface area contributed by atoms with E-state index in [9.17, 15) is 4.79 Å². The Kier molecular flexibility index (Phi) is 2.65. The van der Waals surface area contributed by atoms with Crippen LogP contribution in [0.4, 0.5) is 0 Å². The number of carbonyl (C=O) groups excluding carboxylic acids is 1. The van der Waals surface area contributed by atoms with E-state index in [1.165, 1.54) is 19.3 Å². The Morgan fingerprint density at radius 2 is 2.29 bits per heavy atom. The van der Waals surface area contributed by atoms with Crippen LogP contribution < -0.4 is 0 Å². The van der Waals surface area contributed by atoms with Crippen molar-refractivity contribution in [1.29, 1.82) is 0 Å². The van der Waals surface area contributed by atoms with Crippen LogP contribution in [0.25, 0.3) is 11.0 Å². The van der Waals surface area contributed by atoms with E-state index in [1.54, 1.807) is 6.20 Å². The van der Waals surface area contributed by atoms with E-state index in [2.05, 4.69) is 28.7 Å². The van der Waals surface area contributed by atoms with Gasteiger partial charge in [-0.05, 0) is 30.9 Å². The largest absolute Gasteiger partial charge is 0.359 e. The summed E-state index contributed by atoms with van der Waals surface area (Å²) in [6, 6.07) is 4.24. The van der Waals surface area contributed by atoms with Crippen molar-refractivity contribution in [2.24, 2.45) is 11.3 Å². The average molecular weight is 283 g/mol. The quantitative estimate of drug-likeness (QED) is 0.920. The molecule has 2 fully saturated rings. The highest BCUT2D eigenvalue weighted by molar-refractivity contribution is 6.05. The molecule has 4 heteroatoms. The van der Waals surface area contributed by atoms with Gasteiger partial charge in [0.15, 0.2) is 0 Å². The third-order valence-corrected chi connectivity index (χ3v) is 5.36. The molecule has 4 nitrogen and oxygen atoms in total. The minimum Gasteiger partial charge on any atom is -0.359 e. The number of H-pyrrole nitrogens is 1. The highest BCUT2D eigenvalue weighted by Crippen LogP contribution is 2.55. The maximum absolute atomic E-state index is 12.9. The number of rotatable bonds is 2. The van der Waals surface area contributed by atoms with Gasteiger partial charge in [-0.1, -0.05) is 20.3 Å². The zero-order valence-corrected chi connectivity index (χ0v) is 12.6. The third-order valence-electron chi connectivity index (χ3n) is 5.36. The monoisotopic (exact) mass is 283 g/mol. The zero-order valence-electron chi connectivity index (χ0n) is 12.6. The van der Waals surface area contributed by atoms with Gasteiger partial charge < -0.3 is 9.88 Å². The first-order valence-corrected chi connectivity index (χ1v) is 7.85. The summed E-state index contributed by atoms with van der Waals surface area (Å²) in [7, 11) is 0. The van der Waals surface area contributed by atoms with Crippen molar-refractivity contribution in [2.45, 2.75) is 39.2 Å². The Morgan fingerprint density at radius 3 is 2.95 bits per heavy atom. The number of carbonyl (C=O) groups is 1. The number of hydrogen-bond donors (Lipinski definition) is 1. The minimum absolute atomic E-state index is 0.135. The van der Waals surface area contributed by atoms with Gasteiger partial charge in [-0.2, -0.15) is 0 Å². The fraction of sp³-hybridized carbons (Fsp3) is 0.529. The van der Waals surface area contributed by atoms with Crippen molar-refractivity contribution in [2.75, 3.05) is 6.54 Å². The standard InChI is InChI=1S/C17H21N3O/c1-11(2)15-17(6-4-7-17)10-20(15)16(21)12-9-19-13-5-3-8-18-14(12)13/h3,5,8-9,11,15,19H,4,6-7,10H2,1-2H3. The summed E-state index contributed by atoms with van der Waals surface area (Å²) in [6.07, 6.45) is 7.44. The van der Waals surface area contributed by atoms with Crippen LogP contribution in [-0.2, 0) is 0 Å². The molecule has 21 heavy (non-hydrogen) atoms. The molecule has 1 saturated carbocycles. The van der Waals surface area contributed by atoms with Crippen LogP contribution in [0, 0.1) is 11.3 Å². The van der Waals surface area contributed by atoms with Crippen molar-refractivity contribution in [3.8, 4) is 0 Å². The second kappa shape index (κ2) is 4.33. The van der Waals surface area contributed by atoms with Crippen molar-refractivity contribution >= 4 is 16.9 Å². The Labute approximate surface area is 124 Å². The van der Waals surface area contributed by atoms with Crippen molar-refractivity contribution in [3.05, 3.63) is 30.1 Å². The Bertz CT molecular complexity index is 699. The van der Waals surface area contributed by atoms with E-state index in [0.29, 0.717) is 22.9 Å². The van der Waals surface area contributed by atoms with Gasteiger partial charge in [0.25, 0.3) is 5.91 Å². The highest BCUT2D eigenvalue weighted by Gasteiger charge is 2.58. The number of pyridine rings is 1. The maximum Gasteiger partial charge on any atom is 0.257 e. The first-order valence-electron chi connectivity index (χ1n) is 7.85. The number of aromatic nitrogens is 2. The van der Waals surface area contributed by atoms with E-state index in [4.69, 9.17) is 0 Å². The fourth-order valence-corrected chi connectivity index (χ4v) is 4.37. The van der Waals surface area contributed by atoms with Gasteiger partial charge in [0.2, 0.25) is 0 Å². The Morgan fingerprint density at radius 1 is 1.48 bits per heavy atom. The molecule has 1 N–H and O–H groups in total. The molecule has 1 unspecified atom stereocenters. The molecular weight excluding hydrogens is 262 g/mol. The zero-order chi connectivity index (χ0) is 14.6. The number of likely N-dealkylation sites (tertiary alicyclic amines) is 1. The lowest BCUT2D eigenvalue weighted by atomic mass is 9.55. The van der Waals surface area contributed by atoms with Gasteiger partial charge in [0, 0.05) is 30.4 Å². The molecule has 1 amide bonds. The van der Waals surface area contributed by atoms with Crippen molar-refractivity contribution < 1.29 is 4.79 Å². The normalized spacial score (nSPS) is 23.4. The van der Waals surface area contributed by atoms with E-state index in [1.807, 2.05) is 18.3 Å². The lowest BCUT2D eigenvalue weighted by molar-refractivity contribution is -0.120. The van der Waals surface area contributed by atoms with E-state index >= 15 is 0 Å². The molecule has 2 aliphatic rings. The molecule has 0 radical (unpaired) electrons. The molecule has 1 spiro atoms. The van der Waals surface area contributed by atoms with Crippen LogP contribution >= 0.6 is 0 Å². The molecule has 3 heterocycles. The molecule has 1 saturated heterocycles. The molecular formula is C17H21N3O. The summed E-state index contributed by atoms with van der Waals surface area (Å²) >= 11 is 0. The summed E-state index contributed by atoms with van der Waals surface area (Å²) in [5.41, 5.74) is 2.86. The topological polar surface area (TPSA) is 49.0 Å². The van der Waals surface area contributed by atoms with Crippen LogP contribution in [0.3, 0.4) is 0 Å². The summed E-state index contributed by atoms with van der Waals surface area (Å²) < 4.78 is 0. The van der Waals surface area contributed by atoms with Crippen LogP contribution in [0.5, 0.6) is 0 Å². The smallest absolute Gasteiger partial charge is 0.257 e. The Hall–Kier alpha value is -1.84. The molecule has 1 atom stereocenters. The number of nitrogens with zero attached hydrogens (tertiary/aromatic N) is 2. The molecule has 1 aliphatic carbocycles. The van der Waals surface area contributed by atoms with Gasteiger partial charge in [-0.25, -0.2) is 0 Å². The number of fused-ring (bicyclic) bond motifs is 1. The molecule has 1 aliphatic heterocycles. The van der Waals surface area contributed by atoms with E-state index in [-0.39, 0.29) is 5.91 Å². The van der Waals surface area contributed by atoms with Gasteiger partial charge in [0.1, 0.15) is 5.52 Å². The Balaban J connectivity index is 1.66. The summed E-state index contributed by atoms with van der Waals surface area (Å²) in [6.45, 7) is 5.39. The van der Waals surface area contributed by atoms with E-state index in [0.717, 1.165) is 17.6 Å². The van der Waals surface area contributed by atoms with Gasteiger partial charge in [-0.15, -0.1) is 0 Å². The minimum atomic E-state index is 0.135. The molecule has 0 bridgehead atoms. The van der Waals surface area contributed by atoms with Crippen LogP contribution in [0.2, 0.25) is 0 Å². The highest BCUT2D eigenvalue weighted by atomic mass is 16.2. The number of aromatic amines is 1. The SMILES string of the molecule is CC(C)C1N(C(=O)c2c[nH]c3cccnc23)CC12CCC2. The van der Waals surface area contributed by atoms with E-state index < -0.39 is 0 Å². The van der Waals surface area contributed by atoms with Crippen molar-refractivity contribution in [1.82, 2.24) is 14.9 Å². The van der Waals surface area contributed by atoms with Crippen LogP contribution in [0.15, 0.2) is 24.5 Å². The third kappa shape index (κ3) is 1.68. The predicted molar refractivity (Wildman–Crippen MR) is 82.0 cm³/mol. The predicted octanol–water partition coefficient (Wildman–Crippen LogP) is 3.21. The average Bonchev–Trinajstić information content (AvgIpc) is 2.78. The second-order valence-electron chi connectivity index (χ2n) is 6.94. The van der Waals surface area contributed by atoms with Gasteiger partial charge in [0.05, 0.1) is 11.1 Å². The second-order valence-corrected chi connectivity index (χ2v) is 6.94. The summed E-state index contributed by atoms with van der Waals surface area (Å²) in [5.74, 6) is 0.650. The number of amides is 1. The molecule has 2 aromatic rings. The van der Waals surface area contributed by atoms with Gasteiger partial charge >= 0.3 is 0 Å². The molecule has 2 aromatic heterocycles. The maximum atomic E-state index is 12.9. The lowest BCUT2D eigenvalue weighted by Gasteiger charge is -2.64. The van der Waals surface area contributed by atoms with Crippen LogP contribution in [0.1, 0.15) is 43.5 Å². The first kappa shape index (κ1) is 12.9. The summed E-state index contributed by atoms with van der Waals surface area (Å²) in [4.78, 5) is 22.5. The first-order chi connectivity index (χ1) is 10.1. The lowest BCUT2D eigenvalue weighted by Crippen LogP contribution is -2.70. The molecule has 110 valence electrons. The summed E-state index contributed by atoms with van der Waals surface area (Å²) in [5, 5.41) is 0. The van der Waals surface area contributed by atoms with Gasteiger partial charge in [-0.3, -0.25) is 9.78 Å².